The number of aromatic nitrogens is 1. The van der Waals surface area contributed by atoms with Crippen molar-refractivity contribution in [3.63, 3.8) is 0 Å². The maximum absolute atomic E-state index is 12.4. The Morgan fingerprint density at radius 1 is 1.22 bits per heavy atom. The van der Waals surface area contributed by atoms with Gasteiger partial charge >= 0.3 is 0 Å². The molecule has 0 aliphatic carbocycles. The van der Waals surface area contributed by atoms with E-state index in [4.69, 9.17) is 4.42 Å². The monoisotopic (exact) mass is 313 g/mol. The van der Waals surface area contributed by atoms with E-state index in [2.05, 4.69) is 28.9 Å². The average Bonchev–Trinajstić information content (AvgIpc) is 3.02. The molecule has 0 saturated carbocycles. The lowest BCUT2D eigenvalue weighted by Crippen LogP contribution is -2.35. The molecule has 5 nitrogen and oxygen atoms in total. The third-order valence-corrected chi connectivity index (χ3v) is 4.32. The molecule has 1 fully saturated rings. The molecule has 122 valence electrons. The number of hydrogen-bond acceptors (Lipinski definition) is 4. The molecule has 0 unspecified atom stereocenters. The van der Waals surface area contributed by atoms with Crippen molar-refractivity contribution >= 4 is 5.91 Å². The number of carbonyl (C=O) groups is 1. The molecule has 1 aliphatic heterocycles. The molecule has 0 N–H and O–H groups in total. The Labute approximate surface area is 136 Å². The van der Waals surface area contributed by atoms with Crippen molar-refractivity contribution in [2.45, 2.75) is 26.3 Å². The van der Waals surface area contributed by atoms with Gasteiger partial charge in [-0.05, 0) is 30.5 Å². The molecular formula is C18H23N3O2. The summed E-state index contributed by atoms with van der Waals surface area (Å²) in [5.41, 5.74) is 2.99. The van der Waals surface area contributed by atoms with Gasteiger partial charge in [-0.3, -0.25) is 14.7 Å². The highest BCUT2D eigenvalue weighted by atomic mass is 16.3. The van der Waals surface area contributed by atoms with Crippen LogP contribution >= 0.6 is 0 Å². The third kappa shape index (κ3) is 3.99. The number of furan rings is 1. The van der Waals surface area contributed by atoms with E-state index in [1.54, 1.807) is 12.3 Å². The van der Waals surface area contributed by atoms with Gasteiger partial charge in [-0.1, -0.05) is 13.0 Å². The van der Waals surface area contributed by atoms with Crippen LogP contribution in [-0.2, 0) is 13.0 Å². The van der Waals surface area contributed by atoms with Crippen LogP contribution in [0.2, 0.25) is 0 Å². The lowest BCUT2D eigenvalue weighted by Gasteiger charge is -2.21. The molecule has 0 aromatic carbocycles. The molecule has 2 aromatic rings. The van der Waals surface area contributed by atoms with Crippen molar-refractivity contribution in [1.29, 1.82) is 0 Å². The van der Waals surface area contributed by atoms with Crippen LogP contribution in [0.4, 0.5) is 0 Å². The van der Waals surface area contributed by atoms with Gasteiger partial charge in [0.05, 0.1) is 17.5 Å². The summed E-state index contributed by atoms with van der Waals surface area (Å²) < 4.78 is 5.01. The molecule has 0 spiro atoms. The number of hydrogen-bond donors (Lipinski definition) is 0. The summed E-state index contributed by atoms with van der Waals surface area (Å²) in [4.78, 5) is 21.2. The highest BCUT2D eigenvalue weighted by Crippen LogP contribution is 2.12. The van der Waals surface area contributed by atoms with Crippen LogP contribution in [0.1, 0.15) is 35.0 Å². The fraction of sp³-hybridized carbons (Fsp3) is 0.444. The maximum Gasteiger partial charge on any atom is 0.257 e. The zero-order valence-corrected chi connectivity index (χ0v) is 13.6. The van der Waals surface area contributed by atoms with Crippen molar-refractivity contribution in [1.82, 2.24) is 14.8 Å². The zero-order chi connectivity index (χ0) is 16.1. The van der Waals surface area contributed by atoms with E-state index in [0.29, 0.717) is 5.56 Å². The molecule has 3 rings (SSSR count). The molecule has 5 heteroatoms. The smallest absolute Gasteiger partial charge is 0.257 e. The molecule has 1 saturated heterocycles. The molecule has 0 atom stereocenters. The first-order chi connectivity index (χ1) is 11.3. The second-order valence-corrected chi connectivity index (χ2v) is 5.95. The molecule has 3 heterocycles. The Hall–Kier alpha value is -2.14. The average molecular weight is 313 g/mol. The number of aryl methyl sites for hydroxylation is 1. The summed E-state index contributed by atoms with van der Waals surface area (Å²) in [7, 11) is 0. The lowest BCUT2D eigenvalue weighted by molar-refractivity contribution is 0.0760. The van der Waals surface area contributed by atoms with E-state index < -0.39 is 0 Å². The van der Waals surface area contributed by atoms with Crippen molar-refractivity contribution in [2.75, 3.05) is 26.2 Å². The minimum atomic E-state index is 0.0611. The van der Waals surface area contributed by atoms with Crippen LogP contribution in [0.15, 0.2) is 41.3 Å². The molecule has 1 amide bonds. The van der Waals surface area contributed by atoms with E-state index in [-0.39, 0.29) is 5.91 Å². The lowest BCUT2D eigenvalue weighted by atomic mass is 10.2. The number of nitrogens with zero attached hydrogens (tertiary/aromatic N) is 3. The molecular weight excluding hydrogens is 290 g/mol. The van der Waals surface area contributed by atoms with Crippen molar-refractivity contribution in [2.24, 2.45) is 0 Å². The second kappa shape index (κ2) is 7.42. The number of carbonyl (C=O) groups excluding carboxylic acids is 1. The van der Waals surface area contributed by atoms with Gasteiger partial charge < -0.3 is 9.32 Å². The van der Waals surface area contributed by atoms with Crippen LogP contribution in [0, 0.1) is 0 Å². The fourth-order valence-corrected chi connectivity index (χ4v) is 2.89. The van der Waals surface area contributed by atoms with Crippen LogP contribution in [-0.4, -0.2) is 46.9 Å². The molecule has 1 aliphatic rings. The Morgan fingerprint density at radius 2 is 2.13 bits per heavy atom. The van der Waals surface area contributed by atoms with Gasteiger partial charge in [-0.15, -0.1) is 0 Å². The van der Waals surface area contributed by atoms with Crippen molar-refractivity contribution in [3.8, 4) is 0 Å². The minimum absolute atomic E-state index is 0.0611. The first kappa shape index (κ1) is 15.7. The predicted molar refractivity (Wildman–Crippen MR) is 88.1 cm³/mol. The van der Waals surface area contributed by atoms with Gasteiger partial charge in [0.15, 0.2) is 0 Å². The van der Waals surface area contributed by atoms with Gasteiger partial charge in [0.25, 0.3) is 5.91 Å². The molecule has 0 radical (unpaired) electrons. The van der Waals surface area contributed by atoms with E-state index in [9.17, 15) is 4.79 Å². The summed E-state index contributed by atoms with van der Waals surface area (Å²) in [5, 5.41) is 0. The summed E-state index contributed by atoms with van der Waals surface area (Å²) in [6, 6.07) is 5.98. The Morgan fingerprint density at radius 3 is 2.83 bits per heavy atom. The Kier molecular flexibility index (Phi) is 5.08. The minimum Gasteiger partial charge on any atom is -0.472 e. The van der Waals surface area contributed by atoms with E-state index in [0.717, 1.165) is 51.3 Å². The summed E-state index contributed by atoms with van der Waals surface area (Å²) in [6.45, 7) is 6.39. The summed E-state index contributed by atoms with van der Waals surface area (Å²) in [5.74, 6) is 0.0611. The van der Waals surface area contributed by atoms with Gasteiger partial charge in [0.1, 0.15) is 6.26 Å². The Bertz CT molecular complexity index is 622. The van der Waals surface area contributed by atoms with Gasteiger partial charge in [0, 0.05) is 38.9 Å². The van der Waals surface area contributed by atoms with Gasteiger partial charge in [-0.25, -0.2) is 0 Å². The SMILES string of the molecule is CCc1ccc(CN2CCCN(C(=O)c3ccoc3)CC2)nc1. The zero-order valence-electron chi connectivity index (χ0n) is 13.6. The first-order valence-electron chi connectivity index (χ1n) is 8.24. The standard InChI is InChI=1S/C18H23N3O2/c1-2-15-4-5-17(19-12-15)13-20-7-3-8-21(10-9-20)18(22)16-6-11-23-14-16/h4-6,11-12,14H,2-3,7-10,13H2,1H3. The Balaban J connectivity index is 1.56. The van der Waals surface area contributed by atoms with Crippen LogP contribution in [0.25, 0.3) is 0 Å². The summed E-state index contributed by atoms with van der Waals surface area (Å²) >= 11 is 0. The van der Waals surface area contributed by atoms with Crippen LogP contribution in [0.3, 0.4) is 0 Å². The largest absolute Gasteiger partial charge is 0.472 e. The molecule has 0 bridgehead atoms. The number of pyridine rings is 1. The van der Waals surface area contributed by atoms with Crippen molar-refractivity contribution in [3.05, 3.63) is 53.7 Å². The molecule has 23 heavy (non-hydrogen) atoms. The van der Waals surface area contributed by atoms with Gasteiger partial charge in [0.2, 0.25) is 0 Å². The molecule has 2 aromatic heterocycles. The fourth-order valence-electron chi connectivity index (χ4n) is 2.89. The van der Waals surface area contributed by atoms with Crippen LogP contribution < -0.4 is 0 Å². The van der Waals surface area contributed by atoms with Crippen LogP contribution in [0.5, 0.6) is 0 Å². The number of amides is 1. The van der Waals surface area contributed by atoms with Gasteiger partial charge in [-0.2, -0.15) is 0 Å². The summed E-state index contributed by atoms with van der Waals surface area (Å²) in [6.07, 6.45) is 7.02. The second-order valence-electron chi connectivity index (χ2n) is 5.95. The highest BCUT2D eigenvalue weighted by molar-refractivity contribution is 5.93. The first-order valence-corrected chi connectivity index (χ1v) is 8.24. The van der Waals surface area contributed by atoms with E-state index >= 15 is 0 Å². The number of rotatable bonds is 4. The normalized spacial score (nSPS) is 16.3. The highest BCUT2D eigenvalue weighted by Gasteiger charge is 2.21. The third-order valence-electron chi connectivity index (χ3n) is 4.32. The van der Waals surface area contributed by atoms with E-state index in [1.807, 2.05) is 11.1 Å². The topological polar surface area (TPSA) is 49.6 Å². The quantitative estimate of drug-likeness (QED) is 0.870. The van der Waals surface area contributed by atoms with Crippen molar-refractivity contribution < 1.29 is 9.21 Å². The predicted octanol–water partition coefficient (Wildman–Crippen LogP) is 2.59. The maximum atomic E-state index is 12.4. The van der Waals surface area contributed by atoms with E-state index in [1.165, 1.54) is 11.8 Å².